The molecule has 1 aliphatic rings. The van der Waals surface area contributed by atoms with Crippen molar-refractivity contribution in [2.24, 2.45) is 17.3 Å². The molecule has 1 fully saturated rings. The number of nitrogens with zero attached hydrogens (tertiary/aromatic N) is 1. The summed E-state index contributed by atoms with van der Waals surface area (Å²) in [6.45, 7) is 5.55. The predicted molar refractivity (Wildman–Crippen MR) is 62.9 cm³/mol. The van der Waals surface area contributed by atoms with Crippen LogP contribution in [0.25, 0.3) is 0 Å². The van der Waals surface area contributed by atoms with Crippen LogP contribution >= 0.6 is 0 Å². The van der Waals surface area contributed by atoms with Crippen molar-refractivity contribution >= 4 is 17.8 Å². The molecule has 1 saturated heterocycles. The lowest BCUT2D eigenvalue weighted by Gasteiger charge is -2.37. The van der Waals surface area contributed by atoms with Gasteiger partial charge in [-0.1, -0.05) is 20.8 Å². The van der Waals surface area contributed by atoms with Crippen molar-refractivity contribution in [3.63, 3.8) is 0 Å². The molecule has 1 aliphatic heterocycles. The monoisotopic (exact) mass is 257 g/mol. The van der Waals surface area contributed by atoms with Gasteiger partial charge in [-0.2, -0.15) is 0 Å². The lowest BCUT2D eigenvalue weighted by molar-refractivity contribution is -0.160. The first-order valence-electron chi connectivity index (χ1n) is 5.89. The van der Waals surface area contributed by atoms with Crippen LogP contribution in [0.2, 0.25) is 0 Å². The maximum absolute atomic E-state index is 12.0. The highest BCUT2D eigenvalue weighted by molar-refractivity contribution is 5.84. The van der Waals surface area contributed by atoms with E-state index < -0.39 is 29.2 Å². The SMILES string of the molecule is CC(C)(C)C(=O)N1CCC(C(=O)O)C(C(=O)O)C1. The van der Waals surface area contributed by atoms with Crippen molar-refractivity contribution in [1.82, 2.24) is 4.90 Å². The van der Waals surface area contributed by atoms with Crippen molar-refractivity contribution in [2.75, 3.05) is 13.1 Å². The van der Waals surface area contributed by atoms with Crippen LogP contribution in [0, 0.1) is 17.3 Å². The molecule has 18 heavy (non-hydrogen) atoms. The molecule has 0 spiro atoms. The summed E-state index contributed by atoms with van der Waals surface area (Å²) in [6, 6.07) is 0. The standard InChI is InChI=1S/C12H19NO5/c1-12(2,3)11(18)13-5-4-7(9(14)15)8(6-13)10(16)17/h7-8H,4-6H2,1-3H3,(H,14,15)(H,16,17). The average Bonchev–Trinajstić information content (AvgIpc) is 2.25. The van der Waals surface area contributed by atoms with Gasteiger partial charge in [-0.25, -0.2) is 0 Å². The Labute approximate surface area is 106 Å². The van der Waals surface area contributed by atoms with E-state index in [2.05, 4.69) is 0 Å². The summed E-state index contributed by atoms with van der Waals surface area (Å²) in [7, 11) is 0. The van der Waals surface area contributed by atoms with Gasteiger partial charge >= 0.3 is 11.9 Å². The zero-order chi connectivity index (χ0) is 14.1. The van der Waals surface area contributed by atoms with E-state index in [-0.39, 0.29) is 18.9 Å². The Hall–Kier alpha value is -1.59. The lowest BCUT2D eigenvalue weighted by atomic mass is 9.84. The molecule has 1 rings (SSSR count). The fourth-order valence-electron chi connectivity index (χ4n) is 2.16. The van der Waals surface area contributed by atoms with Crippen molar-refractivity contribution in [3.8, 4) is 0 Å². The minimum Gasteiger partial charge on any atom is -0.481 e. The van der Waals surface area contributed by atoms with Gasteiger partial charge in [-0.15, -0.1) is 0 Å². The Balaban J connectivity index is 2.84. The number of carboxylic acid groups (broad SMARTS) is 2. The molecule has 102 valence electrons. The fourth-order valence-corrected chi connectivity index (χ4v) is 2.16. The molecule has 1 heterocycles. The first-order valence-corrected chi connectivity index (χ1v) is 5.89. The third-order valence-electron chi connectivity index (χ3n) is 3.18. The van der Waals surface area contributed by atoms with E-state index >= 15 is 0 Å². The number of hydrogen-bond donors (Lipinski definition) is 2. The molecule has 0 aliphatic carbocycles. The smallest absolute Gasteiger partial charge is 0.309 e. The molecule has 0 aromatic rings. The second-order valence-corrected chi connectivity index (χ2v) is 5.68. The molecular weight excluding hydrogens is 238 g/mol. The minimum absolute atomic E-state index is 0.0254. The van der Waals surface area contributed by atoms with Crippen LogP contribution in [0.3, 0.4) is 0 Å². The number of carboxylic acids is 2. The lowest BCUT2D eigenvalue weighted by Crippen LogP contribution is -2.51. The van der Waals surface area contributed by atoms with Gasteiger partial charge in [0, 0.05) is 18.5 Å². The van der Waals surface area contributed by atoms with Crippen LogP contribution in [0.1, 0.15) is 27.2 Å². The Morgan fingerprint density at radius 1 is 1.06 bits per heavy atom. The Morgan fingerprint density at radius 3 is 1.94 bits per heavy atom. The maximum Gasteiger partial charge on any atom is 0.309 e. The van der Waals surface area contributed by atoms with E-state index in [9.17, 15) is 14.4 Å². The normalized spacial score (nSPS) is 24.7. The topological polar surface area (TPSA) is 94.9 Å². The molecule has 0 bridgehead atoms. The van der Waals surface area contributed by atoms with E-state index in [1.807, 2.05) is 0 Å². The molecule has 2 N–H and O–H groups in total. The van der Waals surface area contributed by atoms with Crippen LogP contribution in [0.4, 0.5) is 0 Å². The zero-order valence-corrected chi connectivity index (χ0v) is 10.8. The molecule has 0 aromatic heterocycles. The Kier molecular flexibility index (Phi) is 3.98. The van der Waals surface area contributed by atoms with E-state index in [1.165, 1.54) is 4.90 Å². The van der Waals surface area contributed by atoms with Crippen molar-refractivity contribution < 1.29 is 24.6 Å². The highest BCUT2D eigenvalue weighted by Crippen LogP contribution is 2.27. The summed E-state index contributed by atoms with van der Waals surface area (Å²) in [5.74, 6) is -4.34. The molecule has 2 unspecified atom stereocenters. The molecule has 0 saturated carbocycles. The van der Waals surface area contributed by atoms with Crippen molar-refractivity contribution in [3.05, 3.63) is 0 Å². The van der Waals surface area contributed by atoms with Gasteiger partial charge in [0.15, 0.2) is 0 Å². The zero-order valence-electron chi connectivity index (χ0n) is 10.8. The molecule has 1 amide bonds. The number of piperidine rings is 1. The summed E-state index contributed by atoms with van der Waals surface area (Å²) in [5, 5.41) is 18.0. The number of carbonyl (C=O) groups excluding carboxylic acids is 1. The second-order valence-electron chi connectivity index (χ2n) is 5.68. The van der Waals surface area contributed by atoms with Crippen LogP contribution in [0.15, 0.2) is 0 Å². The summed E-state index contributed by atoms with van der Waals surface area (Å²) in [4.78, 5) is 35.6. The van der Waals surface area contributed by atoms with Crippen molar-refractivity contribution in [2.45, 2.75) is 27.2 Å². The van der Waals surface area contributed by atoms with Gasteiger partial charge in [-0.05, 0) is 6.42 Å². The van der Waals surface area contributed by atoms with Gasteiger partial charge in [0.2, 0.25) is 5.91 Å². The van der Waals surface area contributed by atoms with Gasteiger partial charge in [-0.3, -0.25) is 14.4 Å². The summed E-state index contributed by atoms with van der Waals surface area (Å²) in [5.41, 5.74) is -0.584. The molecule has 2 atom stereocenters. The van der Waals surface area contributed by atoms with Crippen LogP contribution in [0.5, 0.6) is 0 Å². The highest BCUT2D eigenvalue weighted by Gasteiger charge is 2.41. The second kappa shape index (κ2) is 4.96. The van der Waals surface area contributed by atoms with Crippen LogP contribution < -0.4 is 0 Å². The number of rotatable bonds is 2. The number of amides is 1. The molecule has 0 aromatic carbocycles. The molecular formula is C12H19NO5. The predicted octanol–water partition coefficient (Wildman–Crippen LogP) is 0.666. The number of carbonyl (C=O) groups is 3. The Morgan fingerprint density at radius 2 is 1.56 bits per heavy atom. The third-order valence-corrected chi connectivity index (χ3v) is 3.18. The van der Waals surface area contributed by atoms with Gasteiger partial charge in [0.1, 0.15) is 0 Å². The summed E-state index contributed by atoms with van der Waals surface area (Å²) in [6.07, 6.45) is 0.189. The Bertz CT molecular complexity index is 371. The first kappa shape index (κ1) is 14.5. The first-order chi connectivity index (χ1) is 8.14. The minimum atomic E-state index is -1.16. The fraction of sp³-hybridized carbons (Fsp3) is 0.750. The third kappa shape index (κ3) is 3.00. The maximum atomic E-state index is 12.0. The van der Waals surface area contributed by atoms with Crippen LogP contribution in [-0.2, 0) is 14.4 Å². The van der Waals surface area contributed by atoms with Gasteiger partial charge in [0.25, 0.3) is 0 Å². The summed E-state index contributed by atoms with van der Waals surface area (Å²) >= 11 is 0. The van der Waals surface area contributed by atoms with E-state index in [0.29, 0.717) is 6.54 Å². The largest absolute Gasteiger partial charge is 0.481 e. The number of aliphatic carboxylic acids is 2. The average molecular weight is 257 g/mol. The van der Waals surface area contributed by atoms with E-state index in [4.69, 9.17) is 10.2 Å². The molecule has 0 radical (unpaired) electrons. The number of hydrogen-bond acceptors (Lipinski definition) is 3. The van der Waals surface area contributed by atoms with Crippen LogP contribution in [-0.4, -0.2) is 46.0 Å². The van der Waals surface area contributed by atoms with E-state index in [0.717, 1.165) is 0 Å². The molecule has 6 nitrogen and oxygen atoms in total. The summed E-state index contributed by atoms with van der Waals surface area (Å²) < 4.78 is 0. The van der Waals surface area contributed by atoms with E-state index in [1.54, 1.807) is 20.8 Å². The number of likely N-dealkylation sites (tertiary alicyclic amines) is 1. The van der Waals surface area contributed by atoms with Gasteiger partial charge in [0.05, 0.1) is 11.8 Å². The quantitative estimate of drug-likeness (QED) is 0.758. The van der Waals surface area contributed by atoms with Gasteiger partial charge < -0.3 is 15.1 Å². The highest BCUT2D eigenvalue weighted by atomic mass is 16.4. The van der Waals surface area contributed by atoms with Crippen molar-refractivity contribution in [1.29, 1.82) is 0 Å². The molecule has 6 heteroatoms.